The number of nitrogens with one attached hydrogen (secondary N) is 1. The molecule has 12 heteroatoms. The number of fused-ring (bicyclic) bond motifs is 1. The van der Waals surface area contributed by atoms with Crippen LogP contribution in [-0.2, 0) is 35.4 Å². The average molecular weight is 598 g/mol. The molecule has 2 fully saturated rings. The van der Waals surface area contributed by atoms with Gasteiger partial charge in [-0.05, 0) is 47.4 Å². The Labute approximate surface area is 246 Å². The number of carbonyl (C=O) groups excluding carboxylic acids is 3. The van der Waals surface area contributed by atoms with Gasteiger partial charge in [0, 0.05) is 19.6 Å². The molecule has 3 aromatic rings. The van der Waals surface area contributed by atoms with Crippen LogP contribution in [0.3, 0.4) is 0 Å². The largest absolute Gasteiger partial charge is 0.416 e. The minimum Gasteiger partial charge on any atom is -0.333 e. The summed E-state index contributed by atoms with van der Waals surface area (Å²) in [6.07, 6.45) is -5.22. The molecule has 5 rings (SSSR count). The van der Waals surface area contributed by atoms with Crippen LogP contribution in [0.5, 0.6) is 0 Å². The molecule has 2 aliphatic heterocycles. The minimum atomic E-state index is -4.55. The van der Waals surface area contributed by atoms with Crippen LogP contribution in [0.2, 0.25) is 0 Å². The lowest BCUT2D eigenvalue weighted by molar-refractivity contribution is -0.192. The number of hydrogen-bond donors (Lipinski definition) is 1. The Hall–Kier alpha value is -4.45. The highest BCUT2D eigenvalue weighted by atomic mass is 19.4. The van der Waals surface area contributed by atoms with Gasteiger partial charge in [0.15, 0.2) is 0 Å². The van der Waals surface area contributed by atoms with Crippen LogP contribution in [0.1, 0.15) is 35.6 Å². The van der Waals surface area contributed by atoms with E-state index in [1.54, 1.807) is 24.1 Å². The lowest BCUT2D eigenvalue weighted by Crippen LogP contribution is -2.76. The molecule has 43 heavy (non-hydrogen) atoms. The minimum absolute atomic E-state index is 0.105. The summed E-state index contributed by atoms with van der Waals surface area (Å²) >= 11 is 0. The van der Waals surface area contributed by atoms with Crippen molar-refractivity contribution in [3.8, 4) is 0 Å². The SMILES string of the molecule is CC[C@H]1C(=O)N(Cc2cccc(C(F)(F)F)c2)C[C@H]2N1C(=O)CN(Cc1ccc(F)cc1)N2C(=O)NCc1ccccc1. The van der Waals surface area contributed by atoms with Gasteiger partial charge in [0.25, 0.3) is 0 Å². The summed E-state index contributed by atoms with van der Waals surface area (Å²) in [5, 5.41) is 5.86. The van der Waals surface area contributed by atoms with Gasteiger partial charge in [0.1, 0.15) is 18.0 Å². The molecule has 1 N–H and O–H groups in total. The van der Waals surface area contributed by atoms with Crippen molar-refractivity contribution in [2.75, 3.05) is 13.1 Å². The number of rotatable bonds is 7. The molecule has 2 saturated heterocycles. The van der Waals surface area contributed by atoms with Crippen molar-refractivity contribution in [2.24, 2.45) is 0 Å². The first-order valence-corrected chi connectivity index (χ1v) is 13.9. The normalized spacial score (nSPS) is 19.4. The van der Waals surface area contributed by atoms with Gasteiger partial charge in [-0.15, -0.1) is 0 Å². The summed E-state index contributed by atoms with van der Waals surface area (Å²) in [5.74, 6) is -1.19. The van der Waals surface area contributed by atoms with E-state index in [1.807, 2.05) is 30.3 Å². The number of hydrazine groups is 1. The van der Waals surface area contributed by atoms with Gasteiger partial charge in [0.2, 0.25) is 11.8 Å². The van der Waals surface area contributed by atoms with E-state index in [9.17, 15) is 31.9 Å². The Kier molecular flexibility index (Phi) is 8.67. The molecule has 0 unspecified atom stereocenters. The number of benzene rings is 3. The maximum atomic E-state index is 13.8. The van der Waals surface area contributed by atoms with Gasteiger partial charge in [-0.25, -0.2) is 19.2 Å². The van der Waals surface area contributed by atoms with Gasteiger partial charge in [-0.1, -0.05) is 61.5 Å². The van der Waals surface area contributed by atoms with Crippen molar-refractivity contribution in [1.82, 2.24) is 25.1 Å². The summed E-state index contributed by atoms with van der Waals surface area (Å²) in [5.41, 5.74) is 0.950. The van der Waals surface area contributed by atoms with E-state index in [-0.39, 0.29) is 50.6 Å². The fourth-order valence-corrected chi connectivity index (χ4v) is 5.58. The number of hydrogen-bond acceptors (Lipinski definition) is 4. The van der Waals surface area contributed by atoms with Gasteiger partial charge in [-0.2, -0.15) is 13.2 Å². The third-order valence-electron chi connectivity index (χ3n) is 7.62. The lowest BCUT2D eigenvalue weighted by atomic mass is 10.0. The van der Waals surface area contributed by atoms with Crippen LogP contribution in [0.4, 0.5) is 22.4 Å². The number of amides is 4. The molecule has 0 radical (unpaired) electrons. The maximum Gasteiger partial charge on any atom is 0.416 e. The van der Waals surface area contributed by atoms with E-state index in [2.05, 4.69) is 5.32 Å². The Morgan fingerprint density at radius 3 is 2.28 bits per heavy atom. The highest BCUT2D eigenvalue weighted by Gasteiger charge is 2.50. The number of piperazine rings is 1. The van der Waals surface area contributed by atoms with Crippen LogP contribution < -0.4 is 5.32 Å². The number of halogens is 4. The molecule has 0 aliphatic carbocycles. The summed E-state index contributed by atoms with van der Waals surface area (Å²) < 4.78 is 53.7. The average Bonchev–Trinajstić information content (AvgIpc) is 2.98. The molecule has 8 nitrogen and oxygen atoms in total. The Morgan fingerprint density at radius 1 is 0.907 bits per heavy atom. The second-order valence-corrected chi connectivity index (χ2v) is 10.6. The number of nitrogens with zero attached hydrogens (tertiary/aromatic N) is 4. The molecular weight excluding hydrogens is 566 g/mol. The van der Waals surface area contributed by atoms with Crippen molar-refractivity contribution in [1.29, 1.82) is 0 Å². The number of alkyl halides is 3. The van der Waals surface area contributed by atoms with Gasteiger partial charge in [-0.3, -0.25) is 9.59 Å². The van der Waals surface area contributed by atoms with Gasteiger partial charge < -0.3 is 15.1 Å². The van der Waals surface area contributed by atoms with Gasteiger partial charge in [0.05, 0.1) is 18.7 Å². The molecule has 3 aromatic carbocycles. The van der Waals surface area contributed by atoms with Crippen molar-refractivity contribution in [2.45, 2.75) is 51.4 Å². The predicted octanol–water partition coefficient (Wildman–Crippen LogP) is 4.76. The molecule has 0 bridgehead atoms. The van der Waals surface area contributed by atoms with E-state index >= 15 is 0 Å². The zero-order valence-corrected chi connectivity index (χ0v) is 23.4. The maximum absolute atomic E-state index is 13.8. The van der Waals surface area contributed by atoms with Crippen LogP contribution in [-0.4, -0.2) is 63.0 Å². The van der Waals surface area contributed by atoms with Crippen molar-refractivity contribution >= 4 is 17.8 Å². The molecule has 2 aliphatic rings. The molecule has 226 valence electrons. The Morgan fingerprint density at radius 2 is 1.60 bits per heavy atom. The van der Waals surface area contributed by atoms with Crippen LogP contribution >= 0.6 is 0 Å². The predicted molar refractivity (Wildman–Crippen MR) is 149 cm³/mol. The van der Waals surface area contributed by atoms with E-state index in [1.165, 1.54) is 39.1 Å². The monoisotopic (exact) mass is 597 g/mol. The molecule has 0 aromatic heterocycles. The summed E-state index contributed by atoms with van der Waals surface area (Å²) in [7, 11) is 0. The first-order chi connectivity index (χ1) is 20.5. The van der Waals surface area contributed by atoms with E-state index in [0.29, 0.717) is 5.56 Å². The van der Waals surface area contributed by atoms with Crippen LogP contribution in [0.15, 0.2) is 78.9 Å². The summed E-state index contributed by atoms with van der Waals surface area (Å²) in [6.45, 7) is 1.60. The molecular formula is C31H31F4N5O3. The van der Waals surface area contributed by atoms with Crippen molar-refractivity contribution in [3.05, 3.63) is 107 Å². The fraction of sp³-hybridized carbons (Fsp3) is 0.323. The van der Waals surface area contributed by atoms with Crippen molar-refractivity contribution in [3.63, 3.8) is 0 Å². The van der Waals surface area contributed by atoms with Gasteiger partial charge >= 0.3 is 12.2 Å². The third kappa shape index (κ3) is 6.64. The quantitative estimate of drug-likeness (QED) is 0.399. The number of carbonyl (C=O) groups is 3. The lowest BCUT2D eigenvalue weighted by Gasteiger charge is -2.55. The zero-order chi connectivity index (χ0) is 30.7. The molecule has 0 spiro atoms. The van der Waals surface area contributed by atoms with Crippen LogP contribution in [0.25, 0.3) is 0 Å². The first kappa shape index (κ1) is 30.0. The van der Waals surface area contributed by atoms with E-state index in [4.69, 9.17) is 0 Å². The standard InChI is InChI=1S/C31H31F4N5O3/c1-2-26-29(42)37(17-23-9-6-10-24(15-23)31(33,34)35)19-27-39(26)28(41)20-38(18-22-11-13-25(32)14-12-22)40(27)30(43)36-16-21-7-4-3-5-8-21/h3-15,26-27H,2,16-20H2,1H3,(H,36,43)/t26-,27-/m0/s1. The summed E-state index contributed by atoms with van der Waals surface area (Å²) in [6, 6.07) is 18.3. The zero-order valence-electron chi connectivity index (χ0n) is 23.4. The summed E-state index contributed by atoms with van der Waals surface area (Å²) in [4.78, 5) is 43.8. The Bertz CT molecular complexity index is 1470. The third-order valence-corrected chi connectivity index (χ3v) is 7.62. The second kappa shape index (κ2) is 12.4. The smallest absolute Gasteiger partial charge is 0.333 e. The van der Waals surface area contributed by atoms with E-state index in [0.717, 1.165) is 17.7 Å². The second-order valence-electron chi connectivity index (χ2n) is 10.6. The number of urea groups is 1. The first-order valence-electron chi connectivity index (χ1n) is 13.9. The molecule has 2 heterocycles. The highest BCUT2D eigenvalue weighted by molar-refractivity contribution is 5.91. The molecule has 2 atom stereocenters. The van der Waals surface area contributed by atoms with E-state index < -0.39 is 41.7 Å². The topological polar surface area (TPSA) is 76.2 Å². The van der Waals surface area contributed by atoms with Crippen LogP contribution in [0, 0.1) is 5.82 Å². The fourth-order valence-electron chi connectivity index (χ4n) is 5.58. The molecule has 0 saturated carbocycles. The highest BCUT2D eigenvalue weighted by Crippen LogP contribution is 2.32. The van der Waals surface area contributed by atoms with Crippen molar-refractivity contribution < 1.29 is 31.9 Å². The molecule has 4 amide bonds. The Balaban J connectivity index is 1.47.